The second-order valence-electron chi connectivity index (χ2n) is 13.8. The van der Waals surface area contributed by atoms with Crippen molar-refractivity contribution < 1.29 is 24.5 Å². The van der Waals surface area contributed by atoms with Gasteiger partial charge >= 0.3 is 6.09 Å². The van der Waals surface area contributed by atoms with E-state index in [9.17, 15) is 19.8 Å². The van der Waals surface area contributed by atoms with Crippen LogP contribution in [0, 0.1) is 5.41 Å². The Labute approximate surface area is 280 Å². The number of aliphatic hydroxyl groups excluding tert-OH is 1. The quantitative estimate of drug-likeness (QED) is 0.191. The van der Waals surface area contributed by atoms with E-state index in [0.717, 1.165) is 41.5 Å². The lowest BCUT2D eigenvalue weighted by Gasteiger charge is -2.46. The third-order valence-corrected chi connectivity index (χ3v) is 10.6. The number of allylic oxidation sites excluding steroid dienone is 2. The van der Waals surface area contributed by atoms with Gasteiger partial charge in [0.2, 0.25) is 0 Å². The number of benzene rings is 3. The smallest absolute Gasteiger partial charge is 0.409 e. The molecule has 1 fully saturated rings. The number of carbonyl (C=O) groups excluding carboxylic acids is 2. The number of amides is 1. The molecule has 3 aromatic rings. The summed E-state index contributed by atoms with van der Waals surface area (Å²) in [6.45, 7) is 9.04. The van der Waals surface area contributed by atoms with Crippen LogP contribution >= 0.6 is 0 Å². The van der Waals surface area contributed by atoms with Crippen molar-refractivity contribution in [3.63, 3.8) is 0 Å². The standard InChI is InChI=1S/C41H51NO5/c1-5-25-42(39(45)47-6-2)28-41(46)24-22-37-34-21-19-30(26-32(43)20-18-29(3)13-12-23-40(37,41)4)27-36(34)38(44)35-17-11-10-16-33(35)31-14-8-7-9-15-31/h7-11,13-17,19,21,27,32,37,43,46H,5-6,12,18,20,22-26,28H2,1-4H3. The van der Waals surface area contributed by atoms with Gasteiger partial charge in [-0.25, -0.2) is 4.79 Å². The Morgan fingerprint density at radius 2 is 1.70 bits per heavy atom. The number of aliphatic hydroxyl groups is 2. The molecule has 0 spiro atoms. The fourth-order valence-corrected chi connectivity index (χ4v) is 7.93. The fourth-order valence-electron chi connectivity index (χ4n) is 7.93. The van der Waals surface area contributed by atoms with Gasteiger partial charge in [0.25, 0.3) is 0 Å². The van der Waals surface area contributed by atoms with Crippen LogP contribution in [0.25, 0.3) is 11.1 Å². The monoisotopic (exact) mass is 637 g/mol. The number of ketones is 1. The van der Waals surface area contributed by atoms with Crippen LogP contribution in [-0.2, 0) is 11.2 Å². The molecule has 1 amide bonds. The predicted molar refractivity (Wildman–Crippen MR) is 188 cm³/mol. The maximum absolute atomic E-state index is 14.8. The zero-order valence-corrected chi connectivity index (χ0v) is 28.5. The van der Waals surface area contributed by atoms with E-state index < -0.39 is 23.2 Å². The van der Waals surface area contributed by atoms with Crippen molar-refractivity contribution in [2.45, 2.75) is 96.7 Å². The molecule has 4 unspecified atom stereocenters. The van der Waals surface area contributed by atoms with E-state index in [1.54, 1.807) is 11.8 Å². The van der Waals surface area contributed by atoms with Crippen molar-refractivity contribution in [2.24, 2.45) is 5.41 Å². The zero-order chi connectivity index (χ0) is 33.6. The van der Waals surface area contributed by atoms with Crippen molar-refractivity contribution in [1.29, 1.82) is 0 Å². The third-order valence-electron chi connectivity index (χ3n) is 10.6. The number of fused-ring (bicyclic) bond motifs is 8. The van der Waals surface area contributed by atoms with E-state index in [1.165, 1.54) is 5.57 Å². The van der Waals surface area contributed by atoms with Crippen molar-refractivity contribution in [2.75, 3.05) is 19.7 Å². The Bertz CT molecular complexity index is 1580. The predicted octanol–water partition coefficient (Wildman–Crippen LogP) is 8.49. The summed E-state index contributed by atoms with van der Waals surface area (Å²) in [4.78, 5) is 29.5. The Morgan fingerprint density at radius 3 is 2.45 bits per heavy atom. The molecular weight excluding hydrogens is 586 g/mol. The molecule has 3 aromatic carbocycles. The van der Waals surface area contributed by atoms with Gasteiger partial charge in [-0.15, -0.1) is 0 Å². The number of ether oxygens (including phenoxy) is 1. The molecule has 0 aliphatic heterocycles. The van der Waals surface area contributed by atoms with Crippen LogP contribution in [0.3, 0.4) is 0 Å². The third kappa shape index (κ3) is 7.39. The highest BCUT2D eigenvalue weighted by molar-refractivity contribution is 6.13. The molecule has 6 nitrogen and oxygen atoms in total. The topological polar surface area (TPSA) is 87.1 Å². The van der Waals surface area contributed by atoms with Gasteiger partial charge in [0.15, 0.2) is 5.78 Å². The first-order valence-electron chi connectivity index (χ1n) is 17.4. The van der Waals surface area contributed by atoms with Gasteiger partial charge in [-0.1, -0.05) is 92.2 Å². The largest absolute Gasteiger partial charge is 0.450 e. The molecule has 0 saturated heterocycles. The molecule has 4 atom stereocenters. The summed E-state index contributed by atoms with van der Waals surface area (Å²) in [6.07, 6.45) is 6.59. The number of nitrogens with zero attached hydrogens (tertiary/aromatic N) is 1. The summed E-state index contributed by atoms with van der Waals surface area (Å²) < 4.78 is 5.41. The molecule has 1 saturated carbocycles. The summed E-state index contributed by atoms with van der Waals surface area (Å²) in [5.41, 5.74) is 4.35. The normalized spacial score (nSPS) is 24.6. The summed E-state index contributed by atoms with van der Waals surface area (Å²) in [5, 5.41) is 23.7. The molecule has 6 heteroatoms. The molecule has 3 aliphatic carbocycles. The summed E-state index contributed by atoms with van der Waals surface area (Å²) in [5.74, 6) is -0.188. The van der Waals surface area contributed by atoms with Gasteiger partial charge in [0.1, 0.15) is 0 Å². The van der Waals surface area contributed by atoms with Crippen molar-refractivity contribution >= 4 is 11.9 Å². The van der Waals surface area contributed by atoms with Crippen molar-refractivity contribution in [3.05, 3.63) is 107 Å². The summed E-state index contributed by atoms with van der Waals surface area (Å²) in [7, 11) is 0. The van der Waals surface area contributed by atoms with Crippen molar-refractivity contribution in [3.8, 4) is 11.1 Å². The minimum absolute atomic E-state index is 0.0597. The maximum Gasteiger partial charge on any atom is 0.409 e. The van der Waals surface area contributed by atoms with E-state index in [2.05, 4.69) is 26.0 Å². The highest BCUT2D eigenvalue weighted by Gasteiger charge is 2.57. The van der Waals surface area contributed by atoms with Crippen LogP contribution < -0.4 is 0 Å². The van der Waals surface area contributed by atoms with E-state index in [-0.39, 0.29) is 24.9 Å². The molecule has 47 heavy (non-hydrogen) atoms. The lowest BCUT2D eigenvalue weighted by molar-refractivity contribution is -0.0809. The van der Waals surface area contributed by atoms with Crippen LogP contribution in [0.2, 0.25) is 0 Å². The second-order valence-corrected chi connectivity index (χ2v) is 13.8. The Morgan fingerprint density at radius 1 is 0.957 bits per heavy atom. The SMILES string of the molecule is CCCN(CC1(O)CCC2c3ccc(cc3C(=O)c3ccccc3-c3ccccc3)CC(O)CCC(C)=CCCC21C)C(=O)OCC. The number of hydrogen-bond donors (Lipinski definition) is 2. The molecule has 0 heterocycles. The molecule has 6 rings (SSSR count). The van der Waals surface area contributed by atoms with Gasteiger partial charge in [0.05, 0.1) is 24.9 Å². The van der Waals surface area contributed by atoms with Crippen molar-refractivity contribution in [1.82, 2.24) is 4.90 Å². The van der Waals surface area contributed by atoms with Gasteiger partial charge in [-0.05, 0) is 99.5 Å². The van der Waals surface area contributed by atoms with Crippen LogP contribution in [0.5, 0.6) is 0 Å². The number of rotatable bonds is 8. The summed E-state index contributed by atoms with van der Waals surface area (Å²) >= 11 is 0. The molecule has 2 bridgehead atoms. The minimum atomic E-state index is -1.18. The fraction of sp³-hybridized carbons (Fsp3) is 0.463. The molecule has 3 aliphatic rings. The van der Waals surface area contributed by atoms with E-state index in [0.29, 0.717) is 49.8 Å². The summed E-state index contributed by atoms with van der Waals surface area (Å²) in [6, 6.07) is 23.8. The van der Waals surface area contributed by atoms with Crippen LogP contribution in [0.4, 0.5) is 4.79 Å². The molecule has 2 N–H and O–H groups in total. The average Bonchev–Trinajstić information content (AvgIpc) is 3.32. The number of hydrogen-bond acceptors (Lipinski definition) is 5. The highest BCUT2D eigenvalue weighted by Crippen LogP contribution is 2.59. The van der Waals surface area contributed by atoms with Gasteiger partial charge in [-0.2, -0.15) is 0 Å². The molecule has 0 aromatic heterocycles. The first-order valence-corrected chi connectivity index (χ1v) is 17.4. The minimum Gasteiger partial charge on any atom is -0.450 e. The first kappa shape index (κ1) is 34.6. The highest BCUT2D eigenvalue weighted by atomic mass is 16.6. The lowest BCUT2D eigenvalue weighted by Crippen LogP contribution is -2.54. The Balaban J connectivity index is 1.64. The lowest BCUT2D eigenvalue weighted by atomic mass is 9.64. The van der Waals surface area contributed by atoms with Crippen LogP contribution in [0.1, 0.15) is 106 Å². The van der Waals surface area contributed by atoms with Gasteiger partial charge in [-0.3, -0.25) is 4.79 Å². The molecule has 0 radical (unpaired) electrons. The van der Waals surface area contributed by atoms with E-state index in [4.69, 9.17) is 4.74 Å². The average molecular weight is 638 g/mol. The van der Waals surface area contributed by atoms with Crippen LogP contribution in [-0.4, -0.2) is 58.4 Å². The molecule has 250 valence electrons. The Hall–Kier alpha value is -3.74. The zero-order valence-electron chi connectivity index (χ0n) is 28.5. The maximum atomic E-state index is 14.8. The van der Waals surface area contributed by atoms with Crippen LogP contribution in [0.15, 0.2) is 84.4 Å². The first-order chi connectivity index (χ1) is 22.6. The van der Waals surface area contributed by atoms with E-state index >= 15 is 0 Å². The second kappa shape index (κ2) is 15.0. The molecular formula is C41H51NO5. The van der Waals surface area contributed by atoms with Gasteiger partial charge in [0, 0.05) is 23.1 Å². The van der Waals surface area contributed by atoms with E-state index in [1.807, 2.05) is 73.7 Å². The number of carbonyl (C=O) groups is 2. The Kier molecular flexibility index (Phi) is 11.0. The van der Waals surface area contributed by atoms with Gasteiger partial charge < -0.3 is 19.8 Å².